The van der Waals surface area contributed by atoms with E-state index in [1.54, 1.807) is 4.90 Å². The summed E-state index contributed by atoms with van der Waals surface area (Å²) in [6, 6.07) is 3.99. The molecule has 28 heavy (non-hydrogen) atoms. The van der Waals surface area contributed by atoms with E-state index in [4.69, 9.17) is 14.6 Å². The Morgan fingerprint density at radius 3 is 2.82 bits per heavy atom. The second-order valence-corrected chi connectivity index (χ2v) is 8.06. The Bertz CT molecular complexity index is 745. The standard InChI is InChI=1S/C19H24F2N2O2.CH2O2/c1-22(2)9-13-14-10-23(11-19(14)7-6-16(13)25-19)17(24)8-12-4-3-5-15(20)18(12)21;2-1-3/h3-5,13-14,16H,6-11H2,1-2H3;1H,(H,2,3)/t13-,14+,16+,19+;/m0./s1. The van der Waals surface area contributed by atoms with E-state index in [0.717, 1.165) is 25.5 Å². The first-order chi connectivity index (χ1) is 13.3. The van der Waals surface area contributed by atoms with Crippen molar-refractivity contribution in [1.82, 2.24) is 9.80 Å². The zero-order chi connectivity index (χ0) is 20.5. The van der Waals surface area contributed by atoms with Gasteiger partial charge in [0, 0.05) is 30.5 Å². The van der Waals surface area contributed by atoms with E-state index in [1.807, 2.05) is 0 Å². The molecule has 4 atom stereocenters. The smallest absolute Gasteiger partial charge is 0.290 e. The van der Waals surface area contributed by atoms with Gasteiger partial charge >= 0.3 is 0 Å². The first kappa shape index (κ1) is 20.7. The predicted molar refractivity (Wildman–Crippen MR) is 97.7 cm³/mol. The summed E-state index contributed by atoms with van der Waals surface area (Å²) in [6.45, 7) is 1.94. The fourth-order valence-corrected chi connectivity index (χ4v) is 5.01. The van der Waals surface area contributed by atoms with E-state index in [9.17, 15) is 13.6 Å². The molecule has 1 amide bonds. The van der Waals surface area contributed by atoms with Crippen molar-refractivity contribution in [2.75, 3.05) is 33.7 Å². The van der Waals surface area contributed by atoms with Gasteiger partial charge in [-0.15, -0.1) is 0 Å². The average molecular weight is 396 g/mol. The van der Waals surface area contributed by atoms with Gasteiger partial charge in [0.25, 0.3) is 6.47 Å². The van der Waals surface area contributed by atoms with Crippen LogP contribution in [0.3, 0.4) is 0 Å². The summed E-state index contributed by atoms with van der Waals surface area (Å²) in [5.41, 5.74) is -0.101. The Labute approximate surface area is 163 Å². The van der Waals surface area contributed by atoms with Crippen molar-refractivity contribution in [1.29, 1.82) is 0 Å². The van der Waals surface area contributed by atoms with Crippen LogP contribution in [0.15, 0.2) is 18.2 Å². The van der Waals surface area contributed by atoms with Crippen LogP contribution >= 0.6 is 0 Å². The Kier molecular flexibility index (Phi) is 6.00. The molecule has 0 aliphatic carbocycles. The van der Waals surface area contributed by atoms with Gasteiger partial charge in [0.1, 0.15) is 0 Å². The van der Waals surface area contributed by atoms with Gasteiger partial charge in [-0.25, -0.2) is 8.78 Å². The van der Waals surface area contributed by atoms with Crippen LogP contribution in [0.4, 0.5) is 8.78 Å². The van der Waals surface area contributed by atoms with Crippen molar-refractivity contribution >= 4 is 12.4 Å². The maximum Gasteiger partial charge on any atom is 0.290 e. The second-order valence-electron chi connectivity index (χ2n) is 8.06. The molecule has 0 aromatic heterocycles. The molecule has 0 unspecified atom stereocenters. The van der Waals surface area contributed by atoms with Gasteiger partial charge in [0.2, 0.25) is 5.91 Å². The Balaban J connectivity index is 0.000000706. The number of rotatable bonds is 4. The van der Waals surface area contributed by atoms with Gasteiger partial charge in [-0.1, -0.05) is 12.1 Å². The van der Waals surface area contributed by atoms with E-state index in [0.29, 0.717) is 31.0 Å². The minimum atomic E-state index is -0.920. The molecule has 1 spiro atoms. The quantitative estimate of drug-likeness (QED) is 0.786. The molecule has 1 N–H and O–H groups in total. The lowest BCUT2D eigenvalue weighted by Gasteiger charge is -2.30. The molecule has 2 bridgehead atoms. The highest BCUT2D eigenvalue weighted by Crippen LogP contribution is 2.54. The van der Waals surface area contributed by atoms with Gasteiger partial charge in [0.05, 0.1) is 24.7 Å². The summed E-state index contributed by atoms with van der Waals surface area (Å²) < 4.78 is 33.5. The van der Waals surface area contributed by atoms with Crippen LogP contribution in [-0.4, -0.2) is 72.7 Å². The van der Waals surface area contributed by atoms with Crippen LogP contribution in [0.2, 0.25) is 0 Å². The van der Waals surface area contributed by atoms with E-state index >= 15 is 0 Å². The molecular weight excluding hydrogens is 370 g/mol. The fraction of sp³-hybridized carbons (Fsp3) is 0.600. The van der Waals surface area contributed by atoms with Gasteiger partial charge in [0.15, 0.2) is 11.6 Å². The maximum atomic E-state index is 13.9. The van der Waals surface area contributed by atoms with Crippen molar-refractivity contribution in [3.63, 3.8) is 0 Å². The number of likely N-dealkylation sites (tertiary alicyclic amines) is 1. The molecule has 154 valence electrons. The van der Waals surface area contributed by atoms with Gasteiger partial charge in [-0.3, -0.25) is 9.59 Å². The van der Waals surface area contributed by atoms with Gasteiger partial charge in [-0.2, -0.15) is 0 Å². The lowest BCUT2D eigenvalue weighted by Crippen LogP contribution is -2.40. The SMILES string of the molecule is CN(C)C[C@H]1[C@H]2CN(C(=O)Cc3cccc(F)c3F)C[C@]23CC[C@H]1O3.O=CO. The molecule has 3 aliphatic rings. The number of carbonyl (C=O) groups excluding carboxylic acids is 1. The van der Waals surface area contributed by atoms with Crippen LogP contribution < -0.4 is 0 Å². The summed E-state index contributed by atoms with van der Waals surface area (Å²) in [5, 5.41) is 6.89. The van der Waals surface area contributed by atoms with Crippen molar-refractivity contribution < 1.29 is 28.2 Å². The number of nitrogens with zero attached hydrogens (tertiary/aromatic N) is 2. The number of hydrogen-bond donors (Lipinski definition) is 1. The highest BCUT2D eigenvalue weighted by atomic mass is 19.2. The van der Waals surface area contributed by atoms with Crippen LogP contribution in [0.1, 0.15) is 18.4 Å². The number of benzene rings is 1. The summed E-state index contributed by atoms with van der Waals surface area (Å²) in [4.78, 5) is 25.0. The second kappa shape index (κ2) is 8.13. The minimum Gasteiger partial charge on any atom is -0.483 e. The molecule has 4 rings (SSSR count). The number of carboxylic acid groups (broad SMARTS) is 1. The Morgan fingerprint density at radius 2 is 2.14 bits per heavy atom. The number of hydrogen-bond acceptors (Lipinski definition) is 4. The molecule has 6 nitrogen and oxygen atoms in total. The first-order valence-electron chi connectivity index (χ1n) is 9.42. The Morgan fingerprint density at radius 1 is 1.43 bits per heavy atom. The van der Waals surface area contributed by atoms with Crippen molar-refractivity contribution in [3.8, 4) is 0 Å². The number of halogens is 2. The van der Waals surface area contributed by atoms with Crippen molar-refractivity contribution in [2.24, 2.45) is 11.8 Å². The number of fused-ring (bicyclic) bond motifs is 1. The van der Waals surface area contributed by atoms with E-state index in [-0.39, 0.29) is 30.0 Å². The zero-order valence-electron chi connectivity index (χ0n) is 16.1. The largest absolute Gasteiger partial charge is 0.483 e. The molecule has 3 saturated heterocycles. The number of amides is 1. The summed E-state index contributed by atoms with van der Waals surface area (Å²) in [6.07, 6.45) is 2.24. The lowest BCUT2D eigenvalue weighted by molar-refractivity contribution is -0.131. The molecule has 1 aromatic rings. The van der Waals surface area contributed by atoms with Crippen LogP contribution in [-0.2, 0) is 20.7 Å². The maximum absolute atomic E-state index is 13.9. The molecule has 1 aromatic carbocycles. The van der Waals surface area contributed by atoms with Crippen molar-refractivity contribution in [3.05, 3.63) is 35.4 Å². The number of ether oxygens (including phenoxy) is 1. The summed E-state index contributed by atoms with van der Waals surface area (Å²) >= 11 is 0. The van der Waals surface area contributed by atoms with E-state index in [2.05, 4.69) is 19.0 Å². The topological polar surface area (TPSA) is 70.1 Å². The third-order valence-electron chi connectivity index (χ3n) is 6.09. The normalized spacial score (nSPS) is 30.2. The highest BCUT2D eigenvalue weighted by molar-refractivity contribution is 5.79. The highest BCUT2D eigenvalue weighted by Gasteiger charge is 2.63. The molecule has 0 saturated carbocycles. The first-order valence-corrected chi connectivity index (χ1v) is 9.42. The van der Waals surface area contributed by atoms with Gasteiger partial charge < -0.3 is 19.6 Å². The average Bonchev–Trinajstić information content (AvgIpc) is 3.29. The zero-order valence-corrected chi connectivity index (χ0v) is 16.1. The summed E-state index contributed by atoms with van der Waals surface area (Å²) in [5.74, 6) is -1.20. The van der Waals surface area contributed by atoms with Crippen LogP contribution in [0, 0.1) is 23.5 Å². The van der Waals surface area contributed by atoms with E-state index in [1.165, 1.54) is 12.1 Å². The minimum absolute atomic E-state index is 0.103. The van der Waals surface area contributed by atoms with Gasteiger partial charge in [-0.05, 0) is 33.0 Å². The molecule has 0 radical (unpaired) electrons. The summed E-state index contributed by atoms with van der Waals surface area (Å²) in [7, 11) is 4.12. The number of carbonyl (C=O) groups is 2. The fourth-order valence-electron chi connectivity index (χ4n) is 5.01. The van der Waals surface area contributed by atoms with Crippen LogP contribution in [0.5, 0.6) is 0 Å². The third kappa shape index (κ3) is 3.75. The molecular formula is C20H26F2N2O4. The van der Waals surface area contributed by atoms with E-state index < -0.39 is 11.6 Å². The molecule has 3 heterocycles. The lowest BCUT2D eigenvalue weighted by atomic mass is 9.73. The molecule has 3 fully saturated rings. The molecule has 3 aliphatic heterocycles. The van der Waals surface area contributed by atoms with Crippen LogP contribution in [0.25, 0.3) is 0 Å². The van der Waals surface area contributed by atoms with Crippen molar-refractivity contribution in [2.45, 2.75) is 31.0 Å². The monoisotopic (exact) mass is 396 g/mol. The Hall–Kier alpha value is -2.06. The predicted octanol–water partition coefficient (Wildman–Crippen LogP) is 1.78. The molecule has 8 heteroatoms. The third-order valence-corrected chi connectivity index (χ3v) is 6.09.